The number of nitrogens with one attached hydrogen (secondary N) is 2. The fraction of sp³-hybridized carbons (Fsp3) is 0.467. The van der Waals surface area contributed by atoms with Crippen LogP contribution in [-0.4, -0.2) is 29.8 Å². The Labute approximate surface area is 123 Å². The zero-order valence-electron chi connectivity index (χ0n) is 12.1. The van der Waals surface area contributed by atoms with Gasteiger partial charge in [0.1, 0.15) is 11.8 Å². The van der Waals surface area contributed by atoms with Crippen molar-refractivity contribution in [3.63, 3.8) is 0 Å². The van der Waals surface area contributed by atoms with E-state index in [2.05, 4.69) is 10.6 Å². The zero-order chi connectivity index (χ0) is 15.4. The van der Waals surface area contributed by atoms with Crippen LogP contribution in [0.5, 0.6) is 5.75 Å². The van der Waals surface area contributed by atoms with Crippen molar-refractivity contribution in [2.24, 2.45) is 5.92 Å². The highest BCUT2D eigenvalue weighted by atomic mass is 16.5. The molecule has 1 heterocycles. The second-order valence-corrected chi connectivity index (χ2v) is 5.41. The van der Waals surface area contributed by atoms with E-state index in [4.69, 9.17) is 9.84 Å². The van der Waals surface area contributed by atoms with Crippen molar-refractivity contribution in [1.82, 2.24) is 10.6 Å². The predicted octanol–water partition coefficient (Wildman–Crippen LogP) is 1.92. The molecule has 2 atom stereocenters. The van der Waals surface area contributed by atoms with Gasteiger partial charge in [-0.15, -0.1) is 0 Å². The van der Waals surface area contributed by atoms with Gasteiger partial charge in [-0.25, -0.2) is 9.59 Å². The maximum absolute atomic E-state index is 12.0. The number of rotatable bonds is 4. The number of benzene rings is 1. The van der Waals surface area contributed by atoms with Crippen LogP contribution in [0.1, 0.15) is 31.9 Å². The van der Waals surface area contributed by atoms with Crippen molar-refractivity contribution in [3.05, 3.63) is 29.8 Å². The molecular weight excluding hydrogens is 272 g/mol. The molecule has 6 nitrogen and oxygen atoms in total. The molecule has 114 valence electrons. The molecule has 1 unspecified atom stereocenters. The van der Waals surface area contributed by atoms with Crippen LogP contribution in [0.25, 0.3) is 0 Å². The molecule has 2 amide bonds. The van der Waals surface area contributed by atoms with Crippen molar-refractivity contribution in [2.75, 3.05) is 6.61 Å². The molecule has 0 saturated carbocycles. The van der Waals surface area contributed by atoms with Gasteiger partial charge in [-0.2, -0.15) is 0 Å². The highest BCUT2D eigenvalue weighted by Crippen LogP contribution is 2.31. The van der Waals surface area contributed by atoms with Crippen LogP contribution in [0, 0.1) is 5.92 Å². The third kappa shape index (κ3) is 3.65. The lowest BCUT2D eigenvalue weighted by Gasteiger charge is -2.27. The Hall–Kier alpha value is -2.24. The van der Waals surface area contributed by atoms with Gasteiger partial charge in [0.05, 0.1) is 12.6 Å². The molecule has 0 fully saturated rings. The van der Waals surface area contributed by atoms with Crippen LogP contribution in [0.15, 0.2) is 24.3 Å². The smallest absolute Gasteiger partial charge is 0.326 e. The van der Waals surface area contributed by atoms with E-state index in [1.54, 1.807) is 13.8 Å². The Balaban J connectivity index is 2.02. The molecular formula is C15H20N2O4. The third-order valence-electron chi connectivity index (χ3n) is 3.48. The second kappa shape index (κ2) is 6.47. The maximum Gasteiger partial charge on any atom is 0.326 e. The summed E-state index contributed by atoms with van der Waals surface area (Å²) in [6, 6.07) is 5.97. The number of aliphatic carboxylic acids is 1. The van der Waals surface area contributed by atoms with Crippen molar-refractivity contribution >= 4 is 12.0 Å². The Bertz CT molecular complexity index is 530. The molecule has 3 N–H and O–H groups in total. The van der Waals surface area contributed by atoms with E-state index in [1.165, 1.54) is 0 Å². The molecule has 0 spiro atoms. The quantitative estimate of drug-likeness (QED) is 0.791. The first-order chi connectivity index (χ1) is 9.99. The monoisotopic (exact) mass is 292 g/mol. The van der Waals surface area contributed by atoms with Crippen molar-refractivity contribution in [1.29, 1.82) is 0 Å². The minimum absolute atomic E-state index is 0.170. The van der Waals surface area contributed by atoms with E-state index < -0.39 is 18.0 Å². The first-order valence-corrected chi connectivity index (χ1v) is 7.00. The van der Waals surface area contributed by atoms with Crippen LogP contribution >= 0.6 is 0 Å². The molecule has 1 aliphatic heterocycles. The standard InChI is InChI=1S/C15H20N2O4/c1-9(2)13(14(18)19)17-15(20)16-11-7-8-21-12-6-4-3-5-10(11)12/h3-6,9,11,13H,7-8H2,1-2H3,(H,18,19)(H2,16,17,20)/t11?,13-/m1/s1. The number of amides is 2. The zero-order valence-corrected chi connectivity index (χ0v) is 12.1. The van der Waals surface area contributed by atoms with Crippen molar-refractivity contribution < 1.29 is 19.4 Å². The number of carbonyl (C=O) groups excluding carboxylic acids is 1. The van der Waals surface area contributed by atoms with Crippen LogP contribution in [0.3, 0.4) is 0 Å². The number of hydrogen-bond donors (Lipinski definition) is 3. The summed E-state index contributed by atoms with van der Waals surface area (Å²) in [5, 5.41) is 14.4. The fourth-order valence-electron chi connectivity index (χ4n) is 2.35. The molecule has 0 bridgehead atoms. The van der Waals surface area contributed by atoms with E-state index in [9.17, 15) is 9.59 Å². The molecule has 0 saturated heterocycles. The normalized spacial score (nSPS) is 18.3. The summed E-state index contributed by atoms with van der Waals surface area (Å²) in [5.41, 5.74) is 0.912. The SMILES string of the molecule is CC(C)[C@@H](NC(=O)NC1CCOc2ccccc21)C(=O)O. The van der Waals surface area contributed by atoms with Crippen LogP contribution < -0.4 is 15.4 Å². The number of ether oxygens (including phenoxy) is 1. The van der Waals surface area contributed by atoms with E-state index in [1.807, 2.05) is 24.3 Å². The first kappa shape index (κ1) is 15.2. The Morgan fingerprint density at radius 1 is 1.33 bits per heavy atom. The van der Waals surface area contributed by atoms with E-state index in [-0.39, 0.29) is 12.0 Å². The van der Waals surface area contributed by atoms with E-state index in [0.29, 0.717) is 13.0 Å². The average molecular weight is 292 g/mol. The summed E-state index contributed by atoms with van der Waals surface area (Å²) >= 11 is 0. The summed E-state index contributed by atoms with van der Waals surface area (Å²) in [6.07, 6.45) is 0.657. The predicted molar refractivity (Wildman–Crippen MR) is 77.2 cm³/mol. The third-order valence-corrected chi connectivity index (χ3v) is 3.48. The fourth-order valence-corrected chi connectivity index (χ4v) is 2.35. The summed E-state index contributed by atoms with van der Waals surface area (Å²) in [7, 11) is 0. The van der Waals surface area contributed by atoms with Gasteiger partial charge in [0.2, 0.25) is 0 Å². The van der Waals surface area contributed by atoms with E-state index in [0.717, 1.165) is 11.3 Å². The molecule has 1 aliphatic rings. The summed E-state index contributed by atoms with van der Waals surface area (Å²) < 4.78 is 5.53. The van der Waals surface area contributed by atoms with Gasteiger partial charge in [-0.3, -0.25) is 0 Å². The summed E-state index contributed by atoms with van der Waals surface area (Å²) in [4.78, 5) is 23.1. The molecule has 1 aromatic rings. The highest BCUT2D eigenvalue weighted by molar-refractivity contribution is 5.83. The molecule has 1 aromatic carbocycles. The topological polar surface area (TPSA) is 87.7 Å². The van der Waals surface area contributed by atoms with Crippen LogP contribution in [0.2, 0.25) is 0 Å². The number of fused-ring (bicyclic) bond motifs is 1. The summed E-state index contributed by atoms with van der Waals surface area (Å²) in [5.74, 6) is -0.463. The van der Waals surface area contributed by atoms with Crippen LogP contribution in [-0.2, 0) is 4.79 Å². The highest BCUT2D eigenvalue weighted by Gasteiger charge is 2.26. The molecule has 6 heteroatoms. The number of hydrogen-bond acceptors (Lipinski definition) is 3. The number of urea groups is 1. The van der Waals surface area contributed by atoms with Crippen LogP contribution in [0.4, 0.5) is 4.79 Å². The molecule has 0 aliphatic carbocycles. The minimum atomic E-state index is -1.03. The van der Waals surface area contributed by atoms with Gasteiger partial charge >= 0.3 is 12.0 Å². The Kier molecular flexibility index (Phi) is 4.67. The van der Waals surface area contributed by atoms with Crippen molar-refractivity contribution in [2.45, 2.75) is 32.4 Å². The summed E-state index contributed by atoms with van der Waals surface area (Å²) in [6.45, 7) is 4.03. The lowest BCUT2D eigenvalue weighted by molar-refractivity contribution is -0.140. The van der Waals surface area contributed by atoms with E-state index >= 15 is 0 Å². The maximum atomic E-state index is 12.0. The number of carboxylic acid groups (broad SMARTS) is 1. The lowest BCUT2D eigenvalue weighted by Crippen LogP contribution is -2.49. The second-order valence-electron chi connectivity index (χ2n) is 5.41. The first-order valence-electron chi connectivity index (χ1n) is 7.00. The lowest BCUT2D eigenvalue weighted by atomic mass is 10.0. The number of carboxylic acids is 1. The Morgan fingerprint density at radius 2 is 2.05 bits per heavy atom. The van der Waals surface area contributed by atoms with Gasteiger partial charge < -0.3 is 20.5 Å². The van der Waals surface area contributed by atoms with Gasteiger partial charge in [-0.1, -0.05) is 32.0 Å². The molecule has 2 rings (SSSR count). The largest absolute Gasteiger partial charge is 0.493 e. The number of para-hydroxylation sites is 1. The Morgan fingerprint density at radius 3 is 2.71 bits per heavy atom. The molecule has 0 aromatic heterocycles. The van der Waals surface area contributed by atoms with Gasteiger partial charge in [-0.05, 0) is 12.0 Å². The van der Waals surface area contributed by atoms with Gasteiger partial charge in [0.15, 0.2) is 0 Å². The minimum Gasteiger partial charge on any atom is -0.493 e. The number of carbonyl (C=O) groups is 2. The van der Waals surface area contributed by atoms with Gasteiger partial charge in [0.25, 0.3) is 0 Å². The molecule has 0 radical (unpaired) electrons. The van der Waals surface area contributed by atoms with Gasteiger partial charge in [0, 0.05) is 12.0 Å². The average Bonchev–Trinajstić information content (AvgIpc) is 2.44. The molecule has 21 heavy (non-hydrogen) atoms. The van der Waals surface area contributed by atoms with Crippen molar-refractivity contribution in [3.8, 4) is 5.75 Å².